The number of methoxy groups -OCH3 is 1. The normalized spacial score (nSPS) is 14.0. The minimum absolute atomic E-state index is 0.0482. The summed E-state index contributed by atoms with van der Waals surface area (Å²) in [7, 11) is 1.35. The van der Waals surface area contributed by atoms with Crippen LogP contribution in [0.5, 0.6) is 11.5 Å². The Morgan fingerprint density at radius 1 is 1.12 bits per heavy atom. The van der Waals surface area contributed by atoms with E-state index in [-0.39, 0.29) is 29.2 Å². The molecule has 0 spiro atoms. The third-order valence-electron chi connectivity index (χ3n) is 5.22. The van der Waals surface area contributed by atoms with E-state index in [1.807, 2.05) is 24.3 Å². The maximum absolute atomic E-state index is 12.4. The van der Waals surface area contributed by atoms with Gasteiger partial charge < -0.3 is 20.1 Å². The first-order chi connectivity index (χ1) is 15.4. The van der Waals surface area contributed by atoms with E-state index in [9.17, 15) is 18.4 Å². The number of alkyl halides is 2. The lowest BCUT2D eigenvalue weighted by molar-refractivity contribution is -0.119. The van der Waals surface area contributed by atoms with E-state index in [0.717, 1.165) is 31.2 Å². The Labute approximate surface area is 185 Å². The van der Waals surface area contributed by atoms with Crippen molar-refractivity contribution < 1.29 is 27.8 Å². The highest BCUT2D eigenvalue weighted by molar-refractivity contribution is 5.93. The van der Waals surface area contributed by atoms with E-state index in [1.165, 1.54) is 25.3 Å². The van der Waals surface area contributed by atoms with E-state index in [1.54, 1.807) is 12.1 Å². The van der Waals surface area contributed by atoms with Crippen molar-refractivity contribution in [2.24, 2.45) is 5.92 Å². The molecule has 1 aliphatic rings. The molecule has 0 aromatic heterocycles. The lowest BCUT2D eigenvalue weighted by Crippen LogP contribution is -2.21. The summed E-state index contributed by atoms with van der Waals surface area (Å²) in [5.41, 5.74) is 2.16. The van der Waals surface area contributed by atoms with Crippen LogP contribution >= 0.6 is 0 Å². The highest BCUT2D eigenvalue weighted by Crippen LogP contribution is 2.30. The zero-order valence-electron chi connectivity index (χ0n) is 17.8. The molecule has 1 aliphatic carbocycles. The van der Waals surface area contributed by atoms with Gasteiger partial charge in [0.2, 0.25) is 11.8 Å². The molecule has 170 valence electrons. The van der Waals surface area contributed by atoms with Crippen molar-refractivity contribution in [3.8, 4) is 11.5 Å². The van der Waals surface area contributed by atoms with Gasteiger partial charge in [-0.2, -0.15) is 8.78 Å². The monoisotopic (exact) mass is 444 g/mol. The maximum Gasteiger partial charge on any atom is 0.387 e. The quantitative estimate of drug-likeness (QED) is 0.547. The molecule has 2 N–H and O–H groups in total. The fraction of sp³-hybridized carbons (Fsp3) is 0.333. The topological polar surface area (TPSA) is 76.7 Å². The summed E-state index contributed by atoms with van der Waals surface area (Å²) >= 11 is 0. The number of rotatable bonds is 9. The van der Waals surface area contributed by atoms with Crippen molar-refractivity contribution >= 4 is 23.6 Å². The van der Waals surface area contributed by atoms with Crippen LogP contribution in [0.2, 0.25) is 0 Å². The van der Waals surface area contributed by atoms with Gasteiger partial charge in [0.25, 0.3) is 0 Å². The van der Waals surface area contributed by atoms with Gasteiger partial charge in [0, 0.05) is 24.2 Å². The van der Waals surface area contributed by atoms with E-state index >= 15 is 0 Å². The Kier molecular flexibility index (Phi) is 8.19. The predicted octanol–water partition coefficient (Wildman–Crippen LogP) is 4.75. The number of carbonyl (C=O) groups is 2. The molecule has 1 fully saturated rings. The summed E-state index contributed by atoms with van der Waals surface area (Å²) in [6.07, 6.45) is 6.94. The van der Waals surface area contributed by atoms with Crippen LogP contribution in [0.3, 0.4) is 0 Å². The van der Waals surface area contributed by atoms with Crippen molar-refractivity contribution in [2.75, 3.05) is 12.4 Å². The molecule has 8 heteroatoms. The fourth-order valence-electron chi connectivity index (χ4n) is 3.59. The van der Waals surface area contributed by atoms with Crippen molar-refractivity contribution in [1.82, 2.24) is 5.32 Å². The molecule has 0 heterocycles. The minimum atomic E-state index is -2.95. The Balaban J connectivity index is 1.53. The number of amides is 2. The number of hydrogen-bond acceptors (Lipinski definition) is 4. The van der Waals surface area contributed by atoms with Gasteiger partial charge in [-0.3, -0.25) is 9.59 Å². The highest BCUT2D eigenvalue weighted by Gasteiger charge is 2.22. The molecule has 2 amide bonds. The Bertz CT molecular complexity index is 972. The summed E-state index contributed by atoms with van der Waals surface area (Å²) < 4.78 is 34.2. The molecule has 2 aromatic rings. The van der Waals surface area contributed by atoms with Gasteiger partial charge in [0.15, 0.2) is 11.5 Å². The SMILES string of the molecule is COc1cc(C=CC(=O)NCc2cccc(NC(=O)C3CCCC3)c2)ccc1OC(F)F. The molecule has 1 saturated carbocycles. The van der Waals surface area contributed by atoms with E-state index < -0.39 is 6.61 Å². The van der Waals surface area contributed by atoms with Gasteiger partial charge in [-0.25, -0.2) is 0 Å². The van der Waals surface area contributed by atoms with Crippen LogP contribution in [-0.4, -0.2) is 25.5 Å². The number of anilines is 1. The maximum atomic E-state index is 12.4. The summed E-state index contributed by atoms with van der Waals surface area (Å²) in [6.45, 7) is -2.66. The third kappa shape index (κ3) is 6.80. The van der Waals surface area contributed by atoms with Gasteiger partial charge in [-0.05, 0) is 54.3 Å². The first kappa shape index (κ1) is 23.2. The van der Waals surface area contributed by atoms with Crippen LogP contribution in [0.1, 0.15) is 36.8 Å². The summed E-state index contributed by atoms with van der Waals surface area (Å²) in [5, 5.41) is 5.73. The molecule has 0 radical (unpaired) electrons. The molecule has 0 saturated heterocycles. The third-order valence-corrected chi connectivity index (χ3v) is 5.22. The number of carbonyl (C=O) groups excluding carboxylic acids is 2. The Morgan fingerprint density at radius 3 is 2.62 bits per heavy atom. The van der Waals surface area contributed by atoms with Crippen molar-refractivity contribution in [1.29, 1.82) is 0 Å². The van der Waals surface area contributed by atoms with Gasteiger partial charge >= 0.3 is 6.61 Å². The largest absolute Gasteiger partial charge is 0.493 e. The van der Waals surface area contributed by atoms with Crippen molar-refractivity contribution in [2.45, 2.75) is 38.8 Å². The second-order valence-electron chi connectivity index (χ2n) is 7.51. The first-order valence-electron chi connectivity index (χ1n) is 10.4. The molecule has 6 nitrogen and oxygen atoms in total. The predicted molar refractivity (Wildman–Crippen MR) is 118 cm³/mol. The lowest BCUT2D eigenvalue weighted by Gasteiger charge is -2.11. The zero-order valence-corrected chi connectivity index (χ0v) is 17.8. The second-order valence-corrected chi connectivity index (χ2v) is 7.51. The van der Waals surface area contributed by atoms with Gasteiger partial charge in [-0.1, -0.05) is 31.0 Å². The standard InChI is InChI=1S/C24H26F2N2O4/c1-31-21-14-16(9-11-20(21)32-24(25)26)10-12-22(29)27-15-17-5-4-8-19(13-17)28-23(30)18-6-2-3-7-18/h4-5,8-14,18,24H,2-3,6-7,15H2,1H3,(H,27,29)(H,28,30). The molecule has 0 atom stereocenters. The Morgan fingerprint density at radius 2 is 1.91 bits per heavy atom. The summed E-state index contributed by atoms with van der Waals surface area (Å²) in [6, 6.07) is 11.8. The molecule has 2 aromatic carbocycles. The highest BCUT2D eigenvalue weighted by atomic mass is 19.3. The van der Waals surface area contributed by atoms with E-state index in [0.29, 0.717) is 17.8 Å². The van der Waals surface area contributed by atoms with Crippen LogP contribution in [-0.2, 0) is 16.1 Å². The van der Waals surface area contributed by atoms with E-state index in [4.69, 9.17) is 4.74 Å². The molecular formula is C24H26F2N2O4. The Hall–Kier alpha value is -3.42. The fourth-order valence-corrected chi connectivity index (χ4v) is 3.59. The number of ether oxygens (including phenoxy) is 2. The molecular weight excluding hydrogens is 418 g/mol. The van der Waals surface area contributed by atoms with Crippen molar-refractivity contribution in [3.05, 3.63) is 59.7 Å². The number of nitrogens with one attached hydrogen (secondary N) is 2. The number of benzene rings is 2. The smallest absolute Gasteiger partial charge is 0.387 e. The van der Waals surface area contributed by atoms with Crippen LogP contribution in [0.15, 0.2) is 48.5 Å². The van der Waals surface area contributed by atoms with Gasteiger partial charge in [0.05, 0.1) is 7.11 Å². The summed E-state index contributed by atoms with van der Waals surface area (Å²) in [4.78, 5) is 24.5. The minimum Gasteiger partial charge on any atom is -0.493 e. The average Bonchev–Trinajstić information content (AvgIpc) is 3.32. The van der Waals surface area contributed by atoms with Crippen LogP contribution in [0.4, 0.5) is 14.5 Å². The van der Waals surface area contributed by atoms with E-state index in [2.05, 4.69) is 15.4 Å². The average molecular weight is 444 g/mol. The lowest BCUT2D eigenvalue weighted by atomic mass is 10.1. The molecule has 32 heavy (non-hydrogen) atoms. The molecule has 0 bridgehead atoms. The number of hydrogen-bond donors (Lipinski definition) is 2. The first-order valence-corrected chi connectivity index (χ1v) is 10.4. The molecule has 0 aliphatic heterocycles. The molecule has 0 unspecified atom stereocenters. The second kappa shape index (κ2) is 11.3. The summed E-state index contributed by atoms with van der Waals surface area (Å²) in [5.74, 6) is -0.129. The number of halogens is 2. The molecule has 3 rings (SSSR count). The van der Waals surface area contributed by atoms with Crippen LogP contribution in [0, 0.1) is 5.92 Å². The van der Waals surface area contributed by atoms with Gasteiger partial charge in [0.1, 0.15) is 0 Å². The van der Waals surface area contributed by atoms with Crippen LogP contribution in [0.25, 0.3) is 6.08 Å². The van der Waals surface area contributed by atoms with Crippen LogP contribution < -0.4 is 20.1 Å². The van der Waals surface area contributed by atoms with Crippen molar-refractivity contribution in [3.63, 3.8) is 0 Å². The zero-order chi connectivity index (χ0) is 22.9. The van der Waals surface area contributed by atoms with Gasteiger partial charge in [-0.15, -0.1) is 0 Å².